The predicted octanol–water partition coefficient (Wildman–Crippen LogP) is 5.04. The van der Waals surface area contributed by atoms with Crippen LogP contribution in [0, 0.1) is 24.0 Å². The molecule has 0 aromatic heterocycles. The Labute approximate surface area is 128 Å². The van der Waals surface area contributed by atoms with E-state index in [-0.39, 0.29) is 16.7 Å². The number of nitro benzene ring substituents is 1. The molecule has 0 bridgehead atoms. The monoisotopic (exact) mass is 304 g/mol. The number of hydrogen-bond donors (Lipinski definition) is 1. The predicted molar refractivity (Wildman–Crippen MR) is 86.1 cm³/mol. The van der Waals surface area contributed by atoms with Crippen LogP contribution in [0.3, 0.4) is 0 Å². The Bertz CT molecular complexity index is 666. The van der Waals surface area contributed by atoms with Gasteiger partial charge in [0, 0.05) is 17.7 Å². The van der Waals surface area contributed by atoms with E-state index in [9.17, 15) is 10.1 Å². The molecule has 0 aliphatic heterocycles. The zero-order valence-corrected chi connectivity index (χ0v) is 12.9. The van der Waals surface area contributed by atoms with Crippen LogP contribution in [0.15, 0.2) is 36.4 Å². The SMILES string of the molecule is Cc1ccc(C(C)Nc2c(C)cccc2Cl)cc1[N+](=O)[O-]. The van der Waals surface area contributed by atoms with Crippen molar-refractivity contribution in [1.82, 2.24) is 0 Å². The third-order valence-corrected chi connectivity index (χ3v) is 3.83. The van der Waals surface area contributed by atoms with Crippen molar-refractivity contribution in [2.45, 2.75) is 26.8 Å². The van der Waals surface area contributed by atoms with E-state index in [1.807, 2.05) is 38.1 Å². The van der Waals surface area contributed by atoms with E-state index < -0.39 is 0 Å². The average molecular weight is 305 g/mol. The van der Waals surface area contributed by atoms with Gasteiger partial charge in [-0.2, -0.15) is 0 Å². The minimum Gasteiger partial charge on any atom is -0.377 e. The standard InChI is InChI=1S/C16H17ClN2O2/c1-10-7-8-13(9-15(10)19(20)21)12(3)18-16-11(2)5-4-6-14(16)17/h4-9,12,18H,1-3H3. The summed E-state index contributed by atoms with van der Waals surface area (Å²) in [7, 11) is 0. The molecule has 0 radical (unpaired) electrons. The van der Waals surface area contributed by atoms with E-state index in [0.717, 1.165) is 16.8 Å². The van der Waals surface area contributed by atoms with Gasteiger partial charge in [0.25, 0.3) is 5.69 Å². The quantitative estimate of drug-likeness (QED) is 0.636. The molecule has 0 aliphatic carbocycles. The van der Waals surface area contributed by atoms with Gasteiger partial charge in [-0.05, 0) is 38.0 Å². The van der Waals surface area contributed by atoms with Crippen LogP contribution in [-0.2, 0) is 0 Å². The van der Waals surface area contributed by atoms with Gasteiger partial charge in [-0.3, -0.25) is 10.1 Å². The summed E-state index contributed by atoms with van der Waals surface area (Å²) in [6, 6.07) is 10.9. The van der Waals surface area contributed by atoms with Gasteiger partial charge in [-0.1, -0.05) is 35.9 Å². The Morgan fingerprint density at radius 2 is 1.90 bits per heavy atom. The summed E-state index contributed by atoms with van der Waals surface area (Å²) < 4.78 is 0. The molecule has 0 saturated carbocycles. The summed E-state index contributed by atoms with van der Waals surface area (Å²) in [4.78, 5) is 10.7. The lowest BCUT2D eigenvalue weighted by Crippen LogP contribution is -2.09. The van der Waals surface area contributed by atoms with E-state index in [0.29, 0.717) is 10.6 Å². The van der Waals surface area contributed by atoms with Crippen molar-refractivity contribution in [2.75, 3.05) is 5.32 Å². The van der Waals surface area contributed by atoms with Gasteiger partial charge in [0.2, 0.25) is 0 Å². The lowest BCUT2D eigenvalue weighted by molar-refractivity contribution is -0.385. The molecule has 2 rings (SSSR count). The Kier molecular flexibility index (Phi) is 4.48. The molecule has 0 amide bonds. The van der Waals surface area contributed by atoms with Crippen LogP contribution in [-0.4, -0.2) is 4.92 Å². The van der Waals surface area contributed by atoms with Crippen molar-refractivity contribution in [3.05, 3.63) is 68.2 Å². The highest BCUT2D eigenvalue weighted by Gasteiger charge is 2.15. The Morgan fingerprint density at radius 1 is 1.19 bits per heavy atom. The van der Waals surface area contributed by atoms with Crippen molar-refractivity contribution >= 4 is 23.0 Å². The zero-order valence-electron chi connectivity index (χ0n) is 12.2. The summed E-state index contributed by atoms with van der Waals surface area (Å²) in [5, 5.41) is 15.0. The number of anilines is 1. The van der Waals surface area contributed by atoms with Crippen LogP contribution in [0.25, 0.3) is 0 Å². The van der Waals surface area contributed by atoms with Crippen molar-refractivity contribution in [3.8, 4) is 0 Å². The molecule has 1 unspecified atom stereocenters. The van der Waals surface area contributed by atoms with Gasteiger partial charge >= 0.3 is 0 Å². The molecule has 5 heteroatoms. The fraction of sp³-hybridized carbons (Fsp3) is 0.250. The highest BCUT2D eigenvalue weighted by molar-refractivity contribution is 6.33. The molecule has 2 aromatic rings. The summed E-state index contributed by atoms with van der Waals surface area (Å²) in [5.41, 5.74) is 3.54. The summed E-state index contributed by atoms with van der Waals surface area (Å²) in [6.07, 6.45) is 0. The van der Waals surface area contributed by atoms with E-state index in [4.69, 9.17) is 11.6 Å². The largest absolute Gasteiger partial charge is 0.377 e. The van der Waals surface area contributed by atoms with Crippen LogP contribution >= 0.6 is 11.6 Å². The number of nitro groups is 1. The number of para-hydroxylation sites is 1. The van der Waals surface area contributed by atoms with Crippen LogP contribution in [0.4, 0.5) is 11.4 Å². The molecular weight excluding hydrogens is 288 g/mol. The van der Waals surface area contributed by atoms with Crippen molar-refractivity contribution < 1.29 is 4.92 Å². The number of benzene rings is 2. The van der Waals surface area contributed by atoms with Gasteiger partial charge in [-0.15, -0.1) is 0 Å². The fourth-order valence-corrected chi connectivity index (χ4v) is 2.48. The number of hydrogen-bond acceptors (Lipinski definition) is 3. The topological polar surface area (TPSA) is 55.2 Å². The maximum atomic E-state index is 11.0. The van der Waals surface area contributed by atoms with Crippen molar-refractivity contribution in [2.24, 2.45) is 0 Å². The van der Waals surface area contributed by atoms with E-state index in [1.54, 1.807) is 19.1 Å². The first-order valence-electron chi connectivity index (χ1n) is 6.66. The summed E-state index contributed by atoms with van der Waals surface area (Å²) in [6.45, 7) is 5.66. The smallest absolute Gasteiger partial charge is 0.272 e. The van der Waals surface area contributed by atoms with Gasteiger partial charge in [-0.25, -0.2) is 0 Å². The second kappa shape index (κ2) is 6.14. The van der Waals surface area contributed by atoms with Crippen LogP contribution in [0.1, 0.15) is 29.7 Å². The number of halogens is 1. The average Bonchev–Trinajstić information content (AvgIpc) is 2.43. The Morgan fingerprint density at radius 3 is 2.52 bits per heavy atom. The normalized spacial score (nSPS) is 12.0. The number of aryl methyl sites for hydroxylation is 2. The molecular formula is C16H17ClN2O2. The number of nitrogens with one attached hydrogen (secondary N) is 1. The molecule has 110 valence electrons. The first-order chi connectivity index (χ1) is 9.90. The van der Waals surface area contributed by atoms with Crippen LogP contribution < -0.4 is 5.32 Å². The highest BCUT2D eigenvalue weighted by Crippen LogP contribution is 2.30. The summed E-state index contributed by atoms with van der Waals surface area (Å²) in [5.74, 6) is 0. The zero-order chi connectivity index (χ0) is 15.6. The van der Waals surface area contributed by atoms with Gasteiger partial charge in [0.1, 0.15) is 0 Å². The minimum atomic E-state index is -0.355. The van der Waals surface area contributed by atoms with E-state index in [2.05, 4.69) is 5.32 Å². The second-order valence-corrected chi connectivity index (χ2v) is 5.51. The summed E-state index contributed by atoms with van der Waals surface area (Å²) >= 11 is 6.20. The van der Waals surface area contributed by atoms with Crippen LogP contribution in [0.5, 0.6) is 0 Å². The Balaban J connectivity index is 2.31. The molecule has 1 atom stereocenters. The maximum absolute atomic E-state index is 11.0. The first-order valence-corrected chi connectivity index (χ1v) is 7.04. The molecule has 2 aromatic carbocycles. The fourth-order valence-electron chi connectivity index (χ4n) is 2.21. The maximum Gasteiger partial charge on any atom is 0.272 e. The molecule has 0 spiro atoms. The highest BCUT2D eigenvalue weighted by atomic mass is 35.5. The third kappa shape index (κ3) is 3.34. The van der Waals surface area contributed by atoms with E-state index >= 15 is 0 Å². The van der Waals surface area contributed by atoms with Gasteiger partial charge in [0.15, 0.2) is 0 Å². The Hall–Kier alpha value is -2.07. The van der Waals surface area contributed by atoms with Gasteiger partial charge in [0.05, 0.1) is 15.6 Å². The molecule has 0 fully saturated rings. The lowest BCUT2D eigenvalue weighted by atomic mass is 10.0. The molecule has 1 N–H and O–H groups in total. The number of nitrogens with zero attached hydrogens (tertiary/aromatic N) is 1. The molecule has 0 heterocycles. The van der Waals surface area contributed by atoms with E-state index in [1.165, 1.54) is 0 Å². The second-order valence-electron chi connectivity index (χ2n) is 5.10. The first kappa shape index (κ1) is 15.3. The molecule has 21 heavy (non-hydrogen) atoms. The molecule has 0 saturated heterocycles. The van der Waals surface area contributed by atoms with Crippen LogP contribution in [0.2, 0.25) is 5.02 Å². The van der Waals surface area contributed by atoms with Gasteiger partial charge < -0.3 is 5.32 Å². The molecule has 4 nitrogen and oxygen atoms in total. The number of rotatable bonds is 4. The minimum absolute atomic E-state index is 0.0806. The lowest BCUT2D eigenvalue weighted by Gasteiger charge is -2.18. The third-order valence-electron chi connectivity index (χ3n) is 3.51. The van der Waals surface area contributed by atoms with Crippen molar-refractivity contribution in [3.63, 3.8) is 0 Å². The van der Waals surface area contributed by atoms with Crippen molar-refractivity contribution in [1.29, 1.82) is 0 Å². The molecule has 0 aliphatic rings.